The van der Waals surface area contributed by atoms with Crippen molar-refractivity contribution in [2.45, 2.75) is 32.6 Å². The Morgan fingerprint density at radius 1 is 1.17 bits per heavy atom. The number of aromatic amines is 1. The molecule has 0 spiro atoms. The number of fused-ring (bicyclic) bond motifs is 1. The molecule has 2 atom stereocenters. The molecule has 3 aromatic rings. The third kappa shape index (κ3) is 3.86. The van der Waals surface area contributed by atoms with Gasteiger partial charge in [-0.1, -0.05) is 12.1 Å². The number of ether oxygens (including phenoxy) is 2. The third-order valence-electron chi connectivity index (χ3n) is 4.84. The molecule has 1 fully saturated rings. The van der Waals surface area contributed by atoms with Crippen molar-refractivity contribution in [3.05, 3.63) is 56.7 Å². The van der Waals surface area contributed by atoms with Crippen molar-refractivity contribution in [1.29, 1.82) is 0 Å². The van der Waals surface area contributed by atoms with Crippen LogP contribution in [0.1, 0.15) is 19.5 Å². The fraction of sp³-hybridized carbons (Fsp3) is 0.400. The number of H-pyrrole nitrogens is 1. The van der Waals surface area contributed by atoms with Crippen LogP contribution in [0, 0.1) is 0 Å². The number of morpholine rings is 1. The molecular weight excluding hydrogens is 374 g/mol. The molecule has 0 unspecified atom stereocenters. The van der Waals surface area contributed by atoms with E-state index in [1.165, 1.54) is 17.9 Å². The fourth-order valence-corrected chi connectivity index (χ4v) is 3.69. The highest BCUT2D eigenvalue weighted by atomic mass is 16.5. The number of benzene rings is 1. The normalized spacial score (nSPS) is 19.5. The second kappa shape index (κ2) is 7.67. The van der Waals surface area contributed by atoms with Gasteiger partial charge < -0.3 is 14.4 Å². The Morgan fingerprint density at radius 2 is 1.86 bits per heavy atom. The van der Waals surface area contributed by atoms with E-state index in [-0.39, 0.29) is 29.9 Å². The number of nitrogens with zero attached hydrogens (tertiary/aromatic N) is 4. The standard InChI is InChI=1S/C20H23N5O4/c1-12-9-24(10-13(2)29-12)20-21-14(8-17(26)22-20)11-25-19(27)16-7-5-4-6-15(16)18(23-25)28-3/h4-8,12-13H,9-11H2,1-3H3,(H,21,22,26)/t12-,13+. The van der Waals surface area contributed by atoms with Crippen LogP contribution in [0.4, 0.5) is 5.95 Å². The maximum absolute atomic E-state index is 12.9. The molecule has 0 radical (unpaired) electrons. The van der Waals surface area contributed by atoms with Crippen molar-refractivity contribution < 1.29 is 9.47 Å². The van der Waals surface area contributed by atoms with Crippen LogP contribution >= 0.6 is 0 Å². The molecule has 1 aliphatic heterocycles. The van der Waals surface area contributed by atoms with E-state index in [0.29, 0.717) is 41.4 Å². The van der Waals surface area contributed by atoms with Crippen LogP contribution in [0.2, 0.25) is 0 Å². The smallest absolute Gasteiger partial charge is 0.275 e. The quantitative estimate of drug-likeness (QED) is 0.704. The molecule has 29 heavy (non-hydrogen) atoms. The molecule has 3 heterocycles. The van der Waals surface area contributed by atoms with Crippen LogP contribution < -0.4 is 20.8 Å². The summed E-state index contributed by atoms with van der Waals surface area (Å²) in [6.07, 6.45) is 0.0588. The fourth-order valence-electron chi connectivity index (χ4n) is 3.69. The molecule has 1 N–H and O–H groups in total. The molecule has 4 rings (SSSR count). The summed E-state index contributed by atoms with van der Waals surface area (Å²) in [5.41, 5.74) is -0.0984. The Hall–Kier alpha value is -3.20. The predicted molar refractivity (Wildman–Crippen MR) is 109 cm³/mol. The average Bonchev–Trinajstić information content (AvgIpc) is 2.69. The number of anilines is 1. The third-order valence-corrected chi connectivity index (χ3v) is 4.84. The van der Waals surface area contributed by atoms with E-state index in [2.05, 4.69) is 15.1 Å². The van der Waals surface area contributed by atoms with Crippen molar-refractivity contribution >= 4 is 16.7 Å². The number of rotatable bonds is 4. The second-order valence-electron chi connectivity index (χ2n) is 7.24. The van der Waals surface area contributed by atoms with Gasteiger partial charge in [-0.25, -0.2) is 9.67 Å². The molecule has 0 bridgehead atoms. The zero-order chi connectivity index (χ0) is 20.5. The molecule has 0 amide bonds. The Morgan fingerprint density at radius 3 is 2.55 bits per heavy atom. The first-order valence-electron chi connectivity index (χ1n) is 9.49. The van der Waals surface area contributed by atoms with Crippen molar-refractivity contribution in [3.63, 3.8) is 0 Å². The maximum atomic E-state index is 12.9. The number of hydrogen-bond donors (Lipinski definition) is 1. The zero-order valence-electron chi connectivity index (χ0n) is 16.6. The number of nitrogens with one attached hydrogen (secondary N) is 1. The highest BCUT2D eigenvalue weighted by molar-refractivity contribution is 5.85. The highest BCUT2D eigenvalue weighted by Gasteiger charge is 2.24. The van der Waals surface area contributed by atoms with Gasteiger partial charge in [0.15, 0.2) is 0 Å². The zero-order valence-corrected chi connectivity index (χ0v) is 16.6. The van der Waals surface area contributed by atoms with Crippen molar-refractivity contribution in [1.82, 2.24) is 19.7 Å². The first-order chi connectivity index (χ1) is 13.9. The highest BCUT2D eigenvalue weighted by Crippen LogP contribution is 2.20. The van der Waals surface area contributed by atoms with Crippen LogP contribution in [-0.4, -0.2) is 52.2 Å². The Labute approximate surface area is 166 Å². The summed E-state index contributed by atoms with van der Waals surface area (Å²) >= 11 is 0. The molecular formula is C20H23N5O4. The molecule has 152 valence electrons. The topological polar surface area (TPSA) is 102 Å². The Bertz CT molecular complexity index is 1150. The van der Waals surface area contributed by atoms with E-state index < -0.39 is 0 Å². The molecule has 0 saturated carbocycles. The van der Waals surface area contributed by atoms with Gasteiger partial charge in [-0.05, 0) is 26.0 Å². The van der Waals surface area contributed by atoms with Gasteiger partial charge in [0, 0.05) is 19.2 Å². The van der Waals surface area contributed by atoms with Crippen LogP contribution in [0.5, 0.6) is 5.88 Å². The monoisotopic (exact) mass is 397 g/mol. The molecule has 9 heteroatoms. The van der Waals surface area contributed by atoms with Crippen LogP contribution in [0.15, 0.2) is 39.9 Å². The van der Waals surface area contributed by atoms with Crippen molar-refractivity contribution in [2.24, 2.45) is 0 Å². The molecule has 2 aromatic heterocycles. The summed E-state index contributed by atoms with van der Waals surface area (Å²) in [6.45, 7) is 5.27. The predicted octanol–water partition coefficient (Wildman–Crippen LogP) is 1.15. The van der Waals surface area contributed by atoms with E-state index in [0.717, 1.165) is 0 Å². The SMILES string of the molecule is COc1nn(Cc2cc(=O)[nH]c(N3C[C@@H](C)O[C@@H](C)C3)n2)c(=O)c2ccccc12. The lowest BCUT2D eigenvalue weighted by molar-refractivity contribution is -0.00574. The molecule has 1 aromatic carbocycles. The summed E-state index contributed by atoms with van der Waals surface area (Å²) < 4.78 is 12.4. The minimum absolute atomic E-state index is 0.0294. The Balaban J connectivity index is 1.72. The first-order valence-corrected chi connectivity index (χ1v) is 9.49. The second-order valence-corrected chi connectivity index (χ2v) is 7.24. The van der Waals surface area contributed by atoms with Gasteiger partial charge in [-0.2, -0.15) is 0 Å². The van der Waals surface area contributed by atoms with Gasteiger partial charge in [-0.15, -0.1) is 5.10 Å². The minimum Gasteiger partial charge on any atom is -0.480 e. The summed E-state index contributed by atoms with van der Waals surface area (Å²) in [7, 11) is 1.51. The lowest BCUT2D eigenvalue weighted by Crippen LogP contribution is -2.46. The van der Waals surface area contributed by atoms with Gasteiger partial charge in [0.2, 0.25) is 11.8 Å². The van der Waals surface area contributed by atoms with Crippen molar-refractivity contribution in [3.8, 4) is 5.88 Å². The van der Waals surface area contributed by atoms with E-state index in [1.807, 2.05) is 24.8 Å². The van der Waals surface area contributed by atoms with Gasteiger partial charge in [0.25, 0.3) is 11.1 Å². The first kappa shape index (κ1) is 19.1. The number of aromatic nitrogens is 4. The molecule has 9 nitrogen and oxygen atoms in total. The van der Waals surface area contributed by atoms with E-state index in [4.69, 9.17) is 9.47 Å². The number of methoxy groups -OCH3 is 1. The molecule has 1 aliphatic rings. The van der Waals surface area contributed by atoms with Gasteiger partial charge in [0.05, 0.1) is 42.3 Å². The van der Waals surface area contributed by atoms with E-state index in [1.54, 1.807) is 18.2 Å². The summed E-state index contributed by atoms with van der Waals surface area (Å²) in [5.74, 6) is 0.816. The van der Waals surface area contributed by atoms with E-state index >= 15 is 0 Å². The van der Waals surface area contributed by atoms with Crippen LogP contribution in [0.25, 0.3) is 10.8 Å². The largest absolute Gasteiger partial charge is 0.480 e. The molecule has 0 aliphatic carbocycles. The molecule has 1 saturated heterocycles. The summed E-state index contributed by atoms with van der Waals surface area (Å²) in [4.78, 5) is 34.4. The lowest BCUT2D eigenvalue weighted by Gasteiger charge is -2.35. The Kier molecular flexibility index (Phi) is 5.06. The van der Waals surface area contributed by atoms with Gasteiger partial charge >= 0.3 is 0 Å². The van der Waals surface area contributed by atoms with E-state index in [9.17, 15) is 9.59 Å². The van der Waals surface area contributed by atoms with Gasteiger partial charge in [-0.3, -0.25) is 14.6 Å². The lowest BCUT2D eigenvalue weighted by atomic mass is 10.2. The van der Waals surface area contributed by atoms with Crippen molar-refractivity contribution in [2.75, 3.05) is 25.1 Å². The maximum Gasteiger partial charge on any atom is 0.275 e. The van der Waals surface area contributed by atoms with Crippen LogP contribution in [-0.2, 0) is 11.3 Å². The number of hydrogen-bond acceptors (Lipinski definition) is 7. The summed E-state index contributed by atoms with van der Waals surface area (Å²) in [6, 6.07) is 8.51. The van der Waals surface area contributed by atoms with Gasteiger partial charge in [0.1, 0.15) is 0 Å². The summed E-state index contributed by atoms with van der Waals surface area (Å²) in [5, 5.41) is 5.45. The van der Waals surface area contributed by atoms with Crippen LogP contribution in [0.3, 0.4) is 0 Å². The minimum atomic E-state index is -0.280. The average molecular weight is 397 g/mol.